The molecule has 2 heterocycles. The second-order valence-electron chi connectivity index (χ2n) is 5.55. The average Bonchev–Trinajstić information content (AvgIpc) is 2.86. The van der Waals surface area contributed by atoms with Gasteiger partial charge < -0.3 is 16.5 Å². The fourth-order valence-corrected chi connectivity index (χ4v) is 2.92. The Balaban J connectivity index is 1.93. The Morgan fingerprint density at radius 2 is 2.11 bits per heavy atom. The topological polar surface area (TPSA) is 106 Å². The number of nitrogens with two attached hydrogens (primary N) is 2. The molecule has 0 atom stereocenters. The lowest BCUT2D eigenvalue weighted by Crippen LogP contribution is -2.41. The molecule has 2 aromatic heterocycles. The molecule has 1 fully saturated rings. The minimum Gasteiger partial charge on any atom is -0.382 e. The molecule has 0 unspecified atom stereocenters. The Labute approximate surface area is 112 Å². The number of nitrogens with zero attached hydrogens (tertiary/aromatic N) is 3. The maximum atomic E-state index is 6.53. The van der Waals surface area contributed by atoms with Crippen LogP contribution in [0, 0.1) is 5.92 Å². The normalized spacial score (nSPS) is 27.8. The van der Waals surface area contributed by atoms with Gasteiger partial charge >= 0.3 is 0 Å². The van der Waals surface area contributed by atoms with Crippen molar-refractivity contribution < 1.29 is 0 Å². The molecule has 0 aromatic carbocycles. The highest BCUT2D eigenvalue weighted by molar-refractivity contribution is 5.81. The van der Waals surface area contributed by atoms with Crippen molar-refractivity contribution in [3.63, 3.8) is 0 Å². The van der Waals surface area contributed by atoms with Gasteiger partial charge in [-0.2, -0.15) is 0 Å². The van der Waals surface area contributed by atoms with E-state index in [4.69, 9.17) is 11.5 Å². The predicted molar refractivity (Wildman–Crippen MR) is 74.2 cm³/mol. The van der Waals surface area contributed by atoms with E-state index in [1.165, 1.54) is 12.7 Å². The number of rotatable bonds is 2. The lowest BCUT2D eigenvalue weighted by Gasteiger charge is -2.35. The Bertz CT molecular complexity index is 582. The smallest absolute Gasteiger partial charge is 0.183 e. The van der Waals surface area contributed by atoms with Gasteiger partial charge in [-0.05, 0) is 31.6 Å². The second kappa shape index (κ2) is 4.45. The molecule has 0 bridgehead atoms. The Morgan fingerprint density at radius 1 is 1.37 bits per heavy atom. The minimum atomic E-state index is -0.376. The van der Waals surface area contributed by atoms with Crippen molar-refractivity contribution in [3.05, 3.63) is 12.2 Å². The molecule has 0 radical (unpaired) electrons. The Kier molecular flexibility index (Phi) is 2.89. The molecule has 2 aromatic rings. The van der Waals surface area contributed by atoms with Crippen molar-refractivity contribution in [3.8, 4) is 0 Å². The van der Waals surface area contributed by atoms with Crippen LogP contribution in [-0.4, -0.2) is 19.9 Å². The van der Waals surface area contributed by atoms with E-state index in [9.17, 15) is 0 Å². The van der Waals surface area contributed by atoms with Crippen LogP contribution in [0.5, 0.6) is 0 Å². The minimum absolute atomic E-state index is 0.376. The number of nitrogen functional groups attached to an aromatic ring is 1. The van der Waals surface area contributed by atoms with E-state index in [2.05, 4.69) is 26.9 Å². The maximum Gasteiger partial charge on any atom is 0.183 e. The van der Waals surface area contributed by atoms with Crippen LogP contribution in [0.1, 0.15) is 44.9 Å². The number of hydrogen-bond donors (Lipinski definition) is 3. The van der Waals surface area contributed by atoms with Crippen LogP contribution in [0.3, 0.4) is 0 Å². The van der Waals surface area contributed by atoms with Crippen molar-refractivity contribution in [2.24, 2.45) is 11.7 Å². The van der Waals surface area contributed by atoms with E-state index >= 15 is 0 Å². The summed E-state index contributed by atoms with van der Waals surface area (Å²) >= 11 is 0. The predicted octanol–water partition coefficient (Wildman–Crippen LogP) is 1.69. The molecule has 0 amide bonds. The first-order chi connectivity index (χ1) is 9.12. The van der Waals surface area contributed by atoms with Crippen molar-refractivity contribution >= 4 is 17.0 Å². The molecule has 6 heteroatoms. The fourth-order valence-electron chi connectivity index (χ4n) is 2.92. The third kappa shape index (κ3) is 2.06. The molecule has 1 aliphatic carbocycles. The highest BCUT2D eigenvalue weighted by Crippen LogP contribution is 2.38. The molecular formula is C13H20N6. The summed E-state index contributed by atoms with van der Waals surface area (Å²) in [6, 6.07) is 0. The fraction of sp³-hybridized carbons (Fsp3) is 0.615. The van der Waals surface area contributed by atoms with Crippen molar-refractivity contribution in [2.45, 2.75) is 44.6 Å². The van der Waals surface area contributed by atoms with Crippen molar-refractivity contribution in [2.75, 3.05) is 5.73 Å². The van der Waals surface area contributed by atoms with Crippen LogP contribution in [0.15, 0.2) is 6.33 Å². The number of H-pyrrole nitrogens is 1. The summed E-state index contributed by atoms with van der Waals surface area (Å²) in [5.74, 6) is 2.02. The van der Waals surface area contributed by atoms with Crippen LogP contribution in [0.2, 0.25) is 0 Å². The van der Waals surface area contributed by atoms with Gasteiger partial charge in [0.25, 0.3) is 0 Å². The molecule has 1 aliphatic rings. The molecule has 5 N–H and O–H groups in total. The van der Waals surface area contributed by atoms with Gasteiger partial charge in [-0.1, -0.05) is 13.3 Å². The van der Waals surface area contributed by atoms with Crippen molar-refractivity contribution in [1.29, 1.82) is 0 Å². The first kappa shape index (κ1) is 12.3. The van der Waals surface area contributed by atoms with Crippen LogP contribution >= 0.6 is 0 Å². The molecule has 19 heavy (non-hydrogen) atoms. The highest BCUT2D eigenvalue weighted by atomic mass is 15.1. The quantitative estimate of drug-likeness (QED) is 0.761. The monoisotopic (exact) mass is 260 g/mol. The van der Waals surface area contributed by atoms with Crippen LogP contribution in [0.4, 0.5) is 5.82 Å². The zero-order valence-corrected chi connectivity index (χ0v) is 11.2. The molecule has 6 nitrogen and oxygen atoms in total. The van der Waals surface area contributed by atoms with E-state index in [0.29, 0.717) is 17.0 Å². The maximum absolute atomic E-state index is 6.53. The lowest BCUT2D eigenvalue weighted by molar-refractivity contribution is 0.223. The van der Waals surface area contributed by atoms with Crippen LogP contribution in [-0.2, 0) is 5.54 Å². The molecule has 1 saturated carbocycles. The number of aromatic amines is 1. The number of anilines is 1. The van der Waals surface area contributed by atoms with Gasteiger partial charge in [0.05, 0.1) is 5.54 Å². The van der Waals surface area contributed by atoms with E-state index in [0.717, 1.165) is 37.4 Å². The summed E-state index contributed by atoms with van der Waals surface area (Å²) in [6.07, 6.45) is 6.89. The highest BCUT2D eigenvalue weighted by Gasteiger charge is 2.35. The summed E-state index contributed by atoms with van der Waals surface area (Å²) in [6.45, 7) is 2.24. The SMILES string of the molecule is CCC1CCC(N)(c2nc3ncnc(N)c3[nH]2)CC1. The summed E-state index contributed by atoms with van der Waals surface area (Å²) in [5, 5.41) is 0. The van der Waals surface area contributed by atoms with Gasteiger partial charge in [0, 0.05) is 0 Å². The number of nitrogens with one attached hydrogen (secondary N) is 1. The number of aromatic nitrogens is 4. The molecule has 3 rings (SSSR count). The van der Waals surface area contributed by atoms with Gasteiger partial charge in [0.1, 0.15) is 17.7 Å². The van der Waals surface area contributed by atoms with Gasteiger partial charge in [-0.3, -0.25) is 0 Å². The Hall–Kier alpha value is -1.69. The van der Waals surface area contributed by atoms with Crippen LogP contribution in [0.25, 0.3) is 11.2 Å². The number of hydrogen-bond acceptors (Lipinski definition) is 5. The van der Waals surface area contributed by atoms with E-state index in [1.807, 2.05) is 0 Å². The first-order valence-electron chi connectivity index (χ1n) is 6.88. The van der Waals surface area contributed by atoms with E-state index in [-0.39, 0.29) is 5.54 Å². The van der Waals surface area contributed by atoms with Gasteiger partial charge in [-0.15, -0.1) is 0 Å². The third-order valence-corrected chi connectivity index (χ3v) is 4.36. The average molecular weight is 260 g/mol. The zero-order chi connectivity index (χ0) is 13.5. The molecule has 0 spiro atoms. The second-order valence-corrected chi connectivity index (χ2v) is 5.55. The summed E-state index contributed by atoms with van der Waals surface area (Å²) < 4.78 is 0. The molecule has 0 aliphatic heterocycles. The van der Waals surface area contributed by atoms with Gasteiger partial charge in [0.2, 0.25) is 0 Å². The summed E-state index contributed by atoms with van der Waals surface area (Å²) in [4.78, 5) is 15.8. The van der Waals surface area contributed by atoms with Crippen molar-refractivity contribution in [1.82, 2.24) is 19.9 Å². The van der Waals surface area contributed by atoms with Gasteiger partial charge in [-0.25, -0.2) is 15.0 Å². The third-order valence-electron chi connectivity index (χ3n) is 4.36. The lowest BCUT2D eigenvalue weighted by atomic mass is 9.76. The van der Waals surface area contributed by atoms with E-state index in [1.54, 1.807) is 0 Å². The standard InChI is InChI=1S/C13H20N6/c1-2-8-3-5-13(15,6-4-8)12-18-9-10(14)16-7-17-11(9)19-12/h7-8H,2-6,15H2,1H3,(H3,14,16,17,18,19). The summed E-state index contributed by atoms with van der Waals surface area (Å²) in [7, 11) is 0. The molecule has 0 saturated heterocycles. The number of imidazole rings is 1. The number of fused-ring (bicyclic) bond motifs is 1. The Morgan fingerprint density at radius 3 is 2.74 bits per heavy atom. The first-order valence-corrected chi connectivity index (χ1v) is 6.88. The van der Waals surface area contributed by atoms with Gasteiger partial charge in [0.15, 0.2) is 11.5 Å². The molecule has 102 valence electrons. The summed E-state index contributed by atoms with van der Waals surface area (Å²) in [5.41, 5.74) is 13.3. The largest absolute Gasteiger partial charge is 0.382 e. The molecular weight excluding hydrogens is 240 g/mol. The van der Waals surface area contributed by atoms with E-state index < -0.39 is 0 Å². The zero-order valence-electron chi connectivity index (χ0n) is 11.2. The van der Waals surface area contributed by atoms with Crippen LogP contribution < -0.4 is 11.5 Å².